The van der Waals surface area contributed by atoms with Crippen molar-refractivity contribution < 1.29 is 9.59 Å². The number of thioether (sulfide) groups is 1. The minimum atomic E-state index is -0.117. The predicted molar refractivity (Wildman–Crippen MR) is 123 cm³/mol. The van der Waals surface area contributed by atoms with E-state index in [1.54, 1.807) is 0 Å². The van der Waals surface area contributed by atoms with E-state index < -0.39 is 0 Å². The summed E-state index contributed by atoms with van der Waals surface area (Å²) in [6.45, 7) is 4.48. The van der Waals surface area contributed by atoms with Crippen molar-refractivity contribution in [2.45, 2.75) is 35.8 Å². The number of imide groups is 1. The van der Waals surface area contributed by atoms with Gasteiger partial charge in [-0.1, -0.05) is 30.4 Å². The first-order valence-corrected chi connectivity index (χ1v) is 12.2. The number of benzene rings is 1. The second kappa shape index (κ2) is 8.34. The molecule has 1 aromatic carbocycles. The summed E-state index contributed by atoms with van der Waals surface area (Å²) in [5.41, 5.74) is 0. The van der Waals surface area contributed by atoms with Crippen LogP contribution in [-0.2, 0) is 9.59 Å². The first-order valence-electron chi connectivity index (χ1n) is 11.4. The van der Waals surface area contributed by atoms with Gasteiger partial charge in [-0.3, -0.25) is 19.5 Å². The Balaban J connectivity index is 1.15. The van der Waals surface area contributed by atoms with Gasteiger partial charge >= 0.3 is 0 Å². The van der Waals surface area contributed by atoms with E-state index in [-0.39, 0.29) is 40.2 Å². The van der Waals surface area contributed by atoms with Crippen molar-refractivity contribution >= 4 is 29.5 Å². The molecule has 0 spiro atoms. The number of fused-ring (bicyclic) bond motifs is 5. The van der Waals surface area contributed by atoms with Gasteiger partial charge in [0.05, 0.1) is 18.4 Å². The summed E-state index contributed by atoms with van der Waals surface area (Å²) in [5, 5.41) is 6.61. The lowest BCUT2D eigenvalue weighted by molar-refractivity contribution is -0.140. The van der Waals surface area contributed by atoms with Gasteiger partial charge in [-0.25, -0.2) is 0 Å². The third kappa shape index (κ3) is 4.00. The van der Waals surface area contributed by atoms with Crippen LogP contribution < -0.4 is 10.6 Å². The Labute approximate surface area is 187 Å². The van der Waals surface area contributed by atoms with E-state index in [0.29, 0.717) is 13.1 Å². The topological polar surface area (TPSA) is 73.8 Å². The fourth-order valence-corrected chi connectivity index (χ4v) is 6.43. The zero-order valence-corrected chi connectivity index (χ0v) is 18.7. The predicted octanol–water partition coefficient (Wildman–Crippen LogP) is 2.67. The number of rotatable bonds is 8. The molecule has 5 rings (SSSR count). The number of hydrogen-bond donors (Lipinski definition) is 2. The van der Waals surface area contributed by atoms with Gasteiger partial charge < -0.3 is 10.6 Å². The minimum absolute atomic E-state index is 0.0202. The monoisotopic (exact) mass is 438 g/mol. The van der Waals surface area contributed by atoms with Crippen LogP contribution in [0.2, 0.25) is 0 Å². The lowest BCUT2D eigenvalue weighted by Crippen LogP contribution is -2.44. The molecule has 164 valence electrons. The summed E-state index contributed by atoms with van der Waals surface area (Å²) in [6.07, 6.45) is 7.58. The fraction of sp³-hybridized carbons (Fsp3) is 0.542. The second-order valence-electron chi connectivity index (χ2n) is 9.05. The maximum absolute atomic E-state index is 12.8. The molecule has 4 atom stereocenters. The number of nitrogens with zero attached hydrogens (tertiary/aromatic N) is 2. The summed E-state index contributed by atoms with van der Waals surface area (Å²) < 4.78 is 0.189. The highest BCUT2D eigenvalue weighted by Gasteiger charge is 2.58. The Morgan fingerprint density at radius 1 is 1.10 bits per heavy atom. The van der Waals surface area contributed by atoms with Crippen LogP contribution in [0.3, 0.4) is 0 Å². The molecule has 1 aromatic rings. The summed E-state index contributed by atoms with van der Waals surface area (Å²) in [4.78, 5) is 33.2. The minimum Gasteiger partial charge on any atom is -0.357 e. The first kappa shape index (κ1) is 20.6. The van der Waals surface area contributed by atoms with Gasteiger partial charge in [0.1, 0.15) is 0 Å². The Morgan fingerprint density at radius 3 is 2.39 bits per heavy atom. The summed E-state index contributed by atoms with van der Waals surface area (Å²) in [6, 6.07) is 10.5. The number of allylic oxidation sites excluding steroid dienone is 2. The molecule has 31 heavy (non-hydrogen) atoms. The highest BCUT2D eigenvalue weighted by Crippen LogP contribution is 2.53. The van der Waals surface area contributed by atoms with Gasteiger partial charge in [-0.2, -0.15) is 0 Å². The van der Waals surface area contributed by atoms with Crippen LogP contribution in [0.15, 0.2) is 52.4 Å². The van der Waals surface area contributed by atoms with Gasteiger partial charge in [0.25, 0.3) is 0 Å². The molecule has 2 N–H and O–H groups in total. The Morgan fingerprint density at radius 2 is 1.77 bits per heavy atom. The van der Waals surface area contributed by atoms with Crippen LogP contribution in [0.4, 0.5) is 0 Å². The van der Waals surface area contributed by atoms with Gasteiger partial charge in [0.15, 0.2) is 5.96 Å². The molecule has 4 aliphatic rings. The molecular formula is C24H30N4O2S. The smallest absolute Gasteiger partial charge is 0.233 e. The van der Waals surface area contributed by atoms with E-state index in [2.05, 4.69) is 47.1 Å². The van der Waals surface area contributed by atoms with E-state index in [9.17, 15) is 9.59 Å². The number of hydrogen-bond acceptors (Lipinski definition) is 4. The van der Waals surface area contributed by atoms with Crippen LogP contribution in [0.1, 0.15) is 26.2 Å². The molecule has 1 saturated heterocycles. The number of guanidine groups is 1. The lowest BCUT2D eigenvalue weighted by atomic mass is 9.85. The van der Waals surface area contributed by atoms with Crippen molar-refractivity contribution in [3.05, 3.63) is 42.5 Å². The summed E-state index contributed by atoms with van der Waals surface area (Å²) >= 11 is 1.91. The SMILES string of the molecule is CCNC(=NCC1(Sc2ccccc2)CC1)NCCN1C(=O)C2C3C=CC(C3)C2C1=O. The maximum Gasteiger partial charge on any atom is 0.233 e. The van der Waals surface area contributed by atoms with E-state index in [4.69, 9.17) is 4.99 Å². The molecule has 4 unspecified atom stereocenters. The third-order valence-electron chi connectivity index (χ3n) is 6.94. The molecule has 1 heterocycles. The first-order chi connectivity index (χ1) is 15.1. The van der Waals surface area contributed by atoms with Crippen molar-refractivity contribution in [2.24, 2.45) is 28.7 Å². The molecule has 0 radical (unpaired) electrons. The number of carbonyl (C=O) groups is 2. The van der Waals surface area contributed by atoms with E-state index >= 15 is 0 Å². The van der Waals surface area contributed by atoms with Crippen molar-refractivity contribution in [1.29, 1.82) is 0 Å². The second-order valence-corrected chi connectivity index (χ2v) is 10.6. The largest absolute Gasteiger partial charge is 0.357 e. The van der Waals surface area contributed by atoms with Crippen LogP contribution in [0.25, 0.3) is 0 Å². The van der Waals surface area contributed by atoms with Crippen molar-refractivity contribution in [3.8, 4) is 0 Å². The molecular weight excluding hydrogens is 408 g/mol. The van der Waals surface area contributed by atoms with Crippen molar-refractivity contribution in [1.82, 2.24) is 15.5 Å². The third-order valence-corrected chi connectivity index (χ3v) is 8.42. The number of nitrogens with one attached hydrogen (secondary N) is 2. The molecule has 1 aliphatic heterocycles. The number of carbonyl (C=O) groups excluding carboxylic acids is 2. The molecule has 3 aliphatic carbocycles. The number of aliphatic imine (C=N–C) groups is 1. The van der Waals surface area contributed by atoms with Gasteiger partial charge in [-0.05, 0) is 50.2 Å². The average molecular weight is 439 g/mol. The molecule has 6 nitrogen and oxygen atoms in total. The number of likely N-dealkylation sites (tertiary alicyclic amines) is 1. The van der Waals surface area contributed by atoms with Crippen LogP contribution in [0.5, 0.6) is 0 Å². The molecule has 0 aromatic heterocycles. The lowest BCUT2D eigenvalue weighted by Gasteiger charge is -2.19. The quantitative estimate of drug-likeness (QED) is 0.283. The standard InChI is InChI=1S/C24H30N4O2S/c1-2-25-23(27-15-24(10-11-24)31-18-6-4-3-5-7-18)26-12-13-28-21(29)19-16-8-9-17(14-16)20(19)22(28)30/h3-9,16-17,19-20H,2,10-15H2,1H3,(H2,25,26,27). The zero-order valence-electron chi connectivity index (χ0n) is 17.9. The molecule has 3 fully saturated rings. The van der Waals surface area contributed by atoms with Crippen molar-refractivity contribution in [2.75, 3.05) is 26.2 Å². The van der Waals surface area contributed by atoms with Gasteiger partial charge in [0.2, 0.25) is 11.8 Å². The Bertz CT molecular complexity index is 881. The van der Waals surface area contributed by atoms with Gasteiger partial charge in [-0.15, -0.1) is 11.8 Å². The maximum atomic E-state index is 12.8. The average Bonchev–Trinajstić information content (AvgIpc) is 3.11. The summed E-state index contributed by atoms with van der Waals surface area (Å²) in [7, 11) is 0. The van der Waals surface area contributed by atoms with E-state index in [1.807, 2.05) is 24.8 Å². The highest BCUT2D eigenvalue weighted by molar-refractivity contribution is 8.01. The molecule has 2 bridgehead atoms. The zero-order chi connectivity index (χ0) is 21.4. The Kier molecular flexibility index (Phi) is 5.54. The fourth-order valence-electron chi connectivity index (χ4n) is 5.21. The van der Waals surface area contributed by atoms with E-state index in [0.717, 1.165) is 25.5 Å². The van der Waals surface area contributed by atoms with E-state index in [1.165, 1.54) is 22.6 Å². The van der Waals surface area contributed by atoms with Crippen molar-refractivity contribution in [3.63, 3.8) is 0 Å². The highest BCUT2D eigenvalue weighted by atomic mass is 32.2. The van der Waals surface area contributed by atoms with Crippen LogP contribution in [-0.4, -0.2) is 53.6 Å². The Hall–Kier alpha value is -2.28. The van der Waals surface area contributed by atoms with Crippen LogP contribution in [0, 0.1) is 23.7 Å². The molecule has 7 heteroatoms. The normalized spacial score (nSPS) is 30.1. The number of amides is 2. The molecule has 2 amide bonds. The van der Waals surface area contributed by atoms with Gasteiger partial charge in [0, 0.05) is 29.3 Å². The van der Waals surface area contributed by atoms with Crippen LogP contribution >= 0.6 is 11.8 Å². The summed E-state index contributed by atoms with van der Waals surface area (Å²) in [5.74, 6) is 1.09. The molecule has 2 saturated carbocycles.